The van der Waals surface area contributed by atoms with Gasteiger partial charge in [0.25, 0.3) is 5.91 Å². The molecule has 1 aliphatic rings. The van der Waals surface area contributed by atoms with Gasteiger partial charge in [-0.05, 0) is 31.2 Å². The fourth-order valence-corrected chi connectivity index (χ4v) is 3.13. The molecule has 3 rings (SSSR count). The number of amides is 1. The fourth-order valence-electron chi connectivity index (χ4n) is 3.13. The maximum atomic E-state index is 12.6. The van der Waals surface area contributed by atoms with Crippen LogP contribution in [-0.2, 0) is 6.18 Å². The van der Waals surface area contributed by atoms with Crippen molar-refractivity contribution in [3.8, 4) is 0 Å². The average molecular weight is 390 g/mol. The van der Waals surface area contributed by atoms with E-state index in [2.05, 4.69) is 0 Å². The molecule has 0 unspecified atom stereocenters. The lowest BCUT2D eigenvalue weighted by Crippen LogP contribution is -2.49. The van der Waals surface area contributed by atoms with E-state index in [1.54, 1.807) is 4.90 Å². The second-order valence-corrected chi connectivity index (χ2v) is 6.93. The first kappa shape index (κ1) is 20.1. The summed E-state index contributed by atoms with van der Waals surface area (Å²) in [6, 6.07) is 11.7. The molecule has 148 valence electrons. The molecular formula is C21H21F3N2O2. The van der Waals surface area contributed by atoms with Crippen molar-refractivity contribution in [3.63, 3.8) is 0 Å². The second kappa shape index (κ2) is 8.14. The Labute approximate surface area is 161 Å². The van der Waals surface area contributed by atoms with Crippen LogP contribution in [0.4, 0.5) is 13.2 Å². The quantitative estimate of drug-likeness (QED) is 0.749. The Hall–Kier alpha value is -2.67. The third-order valence-corrected chi connectivity index (χ3v) is 4.86. The van der Waals surface area contributed by atoms with E-state index in [0.29, 0.717) is 31.7 Å². The zero-order valence-electron chi connectivity index (χ0n) is 15.5. The third-order valence-electron chi connectivity index (χ3n) is 4.86. The van der Waals surface area contributed by atoms with Crippen LogP contribution < -0.4 is 0 Å². The van der Waals surface area contributed by atoms with E-state index < -0.39 is 11.7 Å². The van der Waals surface area contributed by atoms with E-state index in [1.165, 1.54) is 12.1 Å². The van der Waals surface area contributed by atoms with Crippen LogP contribution in [0.2, 0.25) is 0 Å². The molecule has 1 fully saturated rings. The summed E-state index contributed by atoms with van der Waals surface area (Å²) in [5.74, 6) is -0.263. The Balaban J connectivity index is 1.54. The molecular weight excluding hydrogens is 369 g/mol. The number of hydrogen-bond acceptors (Lipinski definition) is 3. The Morgan fingerprint density at radius 1 is 0.857 bits per heavy atom. The molecule has 0 radical (unpaired) electrons. The lowest BCUT2D eigenvalue weighted by molar-refractivity contribution is -0.137. The first-order valence-electron chi connectivity index (χ1n) is 9.03. The van der Waals surface area contributed by atoms with Crippen LogP contribution in [0.25, 0.3) is 0 Å². The highest BCUT2D eigenvalue weighted by Gasteiger charge is 2.30. The second-order valence-electron chi connectivity index (χ2n) is 6.93. The van der Waals surface area contributed by atoms with E-state index >= 15 is 0 Å². The minimum absolute atomic E-state index is 0.0301. The summed E-state index contributed by atoms with van der Waals surface area (Å²) in [4.78, 5) is 28.5. The molecule has 4 nitrogen and oxygen atoms in total. The highest BCUT2D eigenvalue weighted by Crippen LogP contribution is 2.29. The van der Waals surface area contributed by atoms with Gasteiger partial charge in [0.15, 0.2) is 5.78 Å². The molecule has 1 heterocycles. The van der Waals surface area contributed by atoms with Crippen LogP contribution >= 0.6 is 0 Å². The van der Waals surface area contributed by atoms with Crippen molar-refractivity contribution in [1.82, 2.24) is 9.80 Å². The van der Waals surface area contributed by atoms with Crippen molar-refractivity contribution in [1.29, 1.82) is 0 Å². The molecule has 0 aliphatic carbocycles. The number of nitrogens with zero attached hydrogens (tertiary/aromatic N) is 2. The molecule has 0 atom stereocenters. The number of ketones is 1. The van der Waals surface area contributed by atoms with Crippen LogP contribution in [0, 0.1) is 6.92 Å². The zero-order chi connectivity index (χ0) is 20.3. The number of carbonyl (C=O) groups excluding carboxylic acids is 2. The molecule has 0 saturated carbocycles. The molecule has 28 heavy (non-hydrogen) atoms. The summed E-state index contributed by atoms with van der Waals surface area (Å²) < 4.78 is 37.9. The van der Waals surface area contributed by atoms with Crippen LogP contribution in [-0.4, -0.2) is 54.2 Å². The number of aryl methyl sites for hydroxylation is 1. The van der Waals surface area contributed by atoms with Crippen LogP contribution in [0.15, 0.2) is 48.5 Å². The van der Waals surface area contributed by atoms with Crippen molar-refractivity contribution < 1.29 is 22.8 Å². The third kappa shape index (κ3) is 4.78. The van der Waals surface area contributed by atoms with E-state index in [0.717, 1.165) is 17.7 Å². The summed E-state index contributed by atoms with van der Waals surface area (Å²) in [6.07, 6.45) is -4.42. The Bertz CT molecular complexity index is 837. The molecule has 0 N–H and O–H groups in total. The van der Waals surface area contributed by atoms with Gasteiger partial charge < -0.3 is 4.90 Å². The normalized spacial score (nSPS) is 15.5. The SMILES string of the molecule is Cc1ccc(C(=O)CN2CCN(C(=O)c3ccc(C(F)(F)F)cc3)CC2)cc1. The lowest BCUT2D eigenvalue weighted by Gasteiger charge is -2.34. The first-order valence-corrected chi connectivity index (χ1v) is 9.03. The minimum Gasteiger partial charge on any atom is -0.336 e. The smallest absolute Gasteiger partial charge is 0.336 e. The van der Waals surface area contributed by atoms with Crippen LogP contribution in [0.3, 0.4) is 0 Å². The van der Waals surface area contributed by atoms with Gasteiger partial charge >= 0.3 is 6.18 Å². The molecule has 2 aromatic carbocycles. The van der Waals surface area contributed by atoms with Crippen LogP contribution in [0.1, 0.15) is 31.8 Å². The van der Waals surface area contributed by atoms with Crippen LogP contribution in [0.5, 0.6) is 0 Å². The van der Waals surface area contributed by atoms with Crippen molar-refractivity contribution in [2.45, 2.75) is 13.1 Å². The Morgan fingerprint density at radius 3 is 1.93 bits per heavy atom. The van der Waals surface area contributed by atoms with E-state index in [9.17, 15) is 22.8 Å². The molecule has 1 saturated heterocycles. The fraction of sp³-hybridized carbons (Fsp3) is 0.333. The van der Waals surface area contributed by atoms with Gasteiger partial charge in [-0.3, -0.25) is 14.5 Å². The van der Waals surface area contributed by atoms with Gasteiger partial charge in [-0.1, -0.05) is 29.8 Å². The lowest BCUT2D eigenvalue weighted by atomic mass is 10.1. The standard InChI is InChI=1S/C21H21F3N2O2/c1-15-2-4-16(5-3-15)19(27)14-25-10-12-26(13-11-25)20(28)17-6-8-18(9-7-17)21(22,23)24/h2-9H,10-14H2,1H3. The number of Topliss-reactive ketones (excluding diaryl/α,β-unsaturated/α-hetero) is 1. The largest absolute Gasteiger partial charge is 0.416 e. The highest BCUT2D eigenvalue weighted by atomic mass is 19.4. The molecule has 1 amide bonds. The van der Waals surface area contributed by atoms with Crippen molar-refractivity contribution in [2.75, 3.05) is 32.7 Å². The van der Waals surface area contributed by atoms with E-state index in [1.807, 2.05) is 36.1 Å². The molecule has 0 bridgehead atoms. The number of piperazine rings is 1. The number of rotatable bonds is 4. The Kier molecular flexibility index (Phi) is 5.84. The monoisotopic (exact) mass is 390 g/mol. The number of hydrogen-bond donors (Lipinski definition) is 0. The van der Waals surface area contributed by atoms with Gasteiger partial charge in [-0.25, -0.2) is 0 Å². The maximum Gasteiger partial charge on any atom is 0.416 e. The van der Waals surface area contributed by atoms with Gasteiger partial charge in [0.2, 0.25) is 0 Å². The molecule has 0 aromatic heterocycles. The van der Waals surface area contributed by atoms with Crippen molar-refractivity contribution >= 4 is 11.7 Å². The van der Waals surface area contributed by atoms with Gasteiger partial charge in [-0.15, -0.1) is 0 Å². The number of alkyl halides is 3. The van der Waals surface area contributed by atoms with Gasteiger partial charge in [0, 0.05) is 37.3 Å². The molecule has 7 heteroatoms. The Morgan fingerprint density at radius 2 is 1.39 bits per heavy atom. The van der Waals surface area contributed by atoms with Crippen molar-refractivity contribution in [3.05, 3.63) is 70.8 Å². The van der Waals surface area contributed by atoms with E-state index in [-0.39, 0.29) is 23.8 Å². The number of halogens is 3. The summed E-state index contributed by atoms with van der Waals surface area (Å²) in [7, 11) is 0. The molecule has 2 aromatic rings. The summed E-state index contributed by atoms with van der Waals surface area (Å²) in [5, 5.41) is 0. The zero-order valence-corrected chi connectivity index (χ0v) is 15.5. The number of carbonyl (C=O) groups is 2. The number of benzene rings is 2. The maximum absolute atomic E-state index is 12.6. The summed E-state index contributed by atoms with van der Waals surface area (Å²) in [5.41, 5.74) is 1.21. The van der Waals surface area contributed by atoms with Gasteiger partial charge in [0.05, 0.1) is 12.1 Å². The van der Waals surface area contributed by atoms with E-state index in [4.69, 9.17) is 0 Å². The average Bonchev–Trinajstić information content (AvgIpc) is 2.68. The topological polar surface area (TPSA) is 40.6 Å². The van der Waals surface area contributed by atoms with Crippen molar-refractivity contribution in [2.24, 2.45) is 0 Å². The summed E-state index contributed by atoms with van der Waals surface area (Å²) >= 11 is 0. The van der Waals surface area contributed by atoms with Gasteiger partial charge in [-0.2, -0.15) is 13.2 Å². The minimum atomic E-state index is -4.42. The molecule has 0 spiro atoms. The van der Waals surface area contributed by atoms with Gasteiger partial charge in [0.1, 0.15) is 0 Å². The first-order chi connectivity index (χ1) is 13.2. The summed E-state index contributed by atoms with van der Waals surface area (Å²) in [6.45, 7) is 4.20. The predicted molar refractivity (Wildman–Crippen MR) is 99.3 cm³/mol. The highest BCUT2D eigenvalue weighted by molar-refractivity contribution is 5.97. The predicted octanol–water partition coefficient (Wildman–Crippen LogP) is 3.65. The molecule has 1 aliphatic heterocycles.